The van der Waals surface area contributed by atoms with E-state index >= 15 is 0 Å². The van der Waals surface area contributed by atoms with Gasteiger partial charge >= 0.3 is 18.0 Å². The number of carbonyl (C=O) groups excluding carboxylic acids is 1. The van der Waals surface area contributed by atoms with Gasteiger partial charge in [0.15, 0.2) is 0 Å². The maximum Gasteiger partial charge on any atom is 0.434 e. The summed E-state index contributed by atoms with van der Waals surface area (Å²) >= 11 is 0. The van der Waals surface area contributed by atoms with Crippen molar-refractivity contribution in [2.24, 2.45) is 11.7 Å². The summed E-state index contributed by atoms with van der Waals surface area (Å²) in [4.78, 5) is 21.7. The molecule has 29 heavy (non-hydrogen) atoms. The van der Waals surface area contributed by atoms with Crippen LogP contribution >= 0.6 is 0 Å². The fourth-order valence-electron chi connectivity index (χ4n) is 3.54. The van der Waals surface area contributed by atoms with E-state index in [4.69, 9.17) is 14.9 Å². The molecular formula is C18H21F3N4O4. The zero-order valence-corrected chi connectivity index (χ0v) is 15.4. The highest BCUT2D eigenvalue weighted by Crippen LogP contribution is 2.38. The number of halogens is 3. The molecule has 0 radical (unpaired) electrons. The van der Waals surface area contributed by atoms with Gasteiger partial charge in [-0.05, 0) is 56.2 Å². The first kappa shape index (κ1) is 20.7. The van der Waals surface area contributed by atoms with E-state index in [9.17, 15) is 22.8 Å². The first-order chi connectivity index (χ1) is 13.7. The number of primary amides is 1. The summed E-state index contributed by atoms with van der Waals surface area (Å²) < 4.78 is 49.8. The van der Waals surface area contributed by atoms with Gasteiger partial charge in [-0.2, -0.15) is 13.2 Å². The Kier molecular flexibility index (Phi) is 6.14. The van der Waals surface area contributed by atoms with Crippen molar-refractivity contribution in [1.82, 2.24) is 10.2 Å². The number of hydrogen-bond donors (Lipinski definition) is 3. The van der Waals surface area contributed by atoms with Crippen molar-refractivity contribution in [2.75, 3.05) is 11.9 Å². The van der Waals surface area contributed by atoms with Crippen molar-refractivity contribution in [2.45, 2.75) is 44.3 Å². The Labute approximate surface area is 163 Å². The largest absolute Gasteiger partial charge is 0.450 e. The third-order valence-electron chi connectivity index (χ3n) is 4.99. The van der Waals surface area contributed by atoms with Crippen molar-refractivity contribution < 1.29 is 27.1 Å². The number of carbonyl (C=O) groups is 1. The van der Waals surface area contributed by atoms with E-state index < -0.39 is 23.6 Å². The molecular weight excluding hydrogens is 393 g/mol. The molecule has 2 aromatic rings. The molecule has 11 heteroatoms. The van der Waals surface area contributed by atoms with Crippen LogP contribution in [0.3, 0.4) is 0 Å². The molecule has 1 aromatic carbocycles. The number of H-pyrrole nitrogens is 1. The lowest BCUT2D eigenvalue weighted by Gasteiger charge is -2.30. The fraction of sp³-hybridized carbons (Fsp3) is 0.500. The van der Waals surface area contributed by atoms with Crippen LogP contribution in [0.5, 0.6) is 0 Å². The van der Waals surface area contributed by atoms with Crippen LogP contribution in [0.2, 0.25) is 0 Å². The van der Waals surface area contributed by atoms with Crippen LogP contribution in [-0.4, -0.2) is 28.9 Å². The lowest BCUT2D eigenvalue weighted by molar-refractivity contribution is -0.137. The number of nitrogens with two attached hydrogens (primary N) is 1. The number of alkyl halides is 3. The van der Waals surface area contributed by atoms with E-state index in [-0.39, 0.29) is 29.8 Å². The number of aromatic amines is 1. The Morgan fingerprint density at radius 2 is 2.03 bits per heavy atom. The van der Waals surface area contributed by atoms with Crippen LogP contribution in [0.4, 0.5) is 23.7 Å². The summed E-state index contributed by atoms with van der Waals surface area (Å²) in [5.74, 6) is -0.530. The lowest BCUT2D eigenvalue weighted by Crippen LogP contribution is -2.28. The van der Waals surface area contributed by atoms with Crippen LogP contribution in [0.25, 0.3) is 11.5 Å². The highest BCUT2D eigenvalue weighted by molar-refractivity contribution is 5.65. The summed E-state index contributed by atoms with van der Waals surface area (Å²) in [7, 11) is 0. The zero-order valence-electron chi connectivity index (χ0n) is 15.4. The topological polar surface area (TPSA) is 123 Å². The number of aromatic nitrogens is 2. The van der Waals surface area contributed by atoms with Crippen molar-refractivity contribution >= 4 is 11.8 Å². The predicted octanol–water partition coefficient (Wildman–Crippen LogP) is 3.50. The van der Waals surface area contributed by atoms with Gasteiger partial charge < -0.3 is 20.2 Å². The molecule has 0 bridgehead atoms. The average Bonchev–Trinajstić information content (AvgIpc) is 3.08. The number of benzene rings is 1. The molecule has 0 atom stereocenters. The molecule has 1 aliphatic rings. The van der Waals surface area contributed by atoms with E-state index in [0.29, 0.717) is 25.2 Å². The maximum atomic E-state index is 13.4. The monoisotopic (exact) mass is 414 g/mol. The minimum Gasteiger partial charge on any atom is -0.450 e. The molecule has 1 aromatic heterocycles. The SMILES string of the molecule is NC(=O)OCCC1CCC(Nc2cc(-c3n[nH]c(=O)o3)ccc2C(F)(F)F)CC1. The molecule has 3 rings (SSSR count). The van der Waals surface area contributed by atoms with Gasteiger partial charge in [-0.3, -0.25) is 0 Å². The zero-order chi connectivity index (χ0) is 21.0. The minimum absolute atomic E-state index is 0.0788. The normalized spacial score (nSPS) is 19.7. The van der Waals surface area contributed by atoms with E-state index in [0.717, 1.165) is 18.9 Å². The number of hydrogen-bond acceptors (Lipinski definition) is 6. The number of nitrogens with one attached hydrogen (secondary N) is 2. The molecule has 1 aliphatic carbocycles. The summed E-state index contributed by atoms with van der Waals surface area (Å²) in [5.41, 5.74) is 4.31. The van der Waals surface area contributed by atoms with Gasteiger partial charge in [-0.15, -0.1) is 5.10 Å². The van der Waals surface area contributed by atoms with Crippen LogP contribution in [0.1, 0.15) is 37.7 Å². The Hall–Kier alpha value is -2.98. The van der Waals surface area contributed by atoms with E-state index in [1.54, 1.807) is 0 Å². The third kappa shape index (κ3) is 5.52. The summed E-state index contributed by atoms with van der Waals surface area (Å²) in [6.45, 7) is 0.243. The number of nitrogens with zero attached hydrogens (tertiary/aromatic N) is 1. The van der Waals surface area contributed by atoms with Crippen molar-refractivity contribution in [3.63, 3.8) is 0 Å². The highest BCUT2D eigenvalue weighted by atomic mass is 19.4. The van der Waals surface area contributed by atoms with Gasteiger partial charge in [0.05, 0.1) is 12.2 Å². The van der Waals surface area contributed by atoms with Gasteiger partial charge in [0.2, 0.25) is 5.89 Å². The van der Waals surface area contributed by atoms with Gasteiger partial charge in [0.1, 0.15) is 0 Å². The fourth-order valence-corrected chi connectivity index (χ4v) is 3.54. The van der Waals surface area contributed by atoms with E-state index in [2.05, 4.69) is 15.5 Å². The second kappa shape index (κ2) is 8.58. The van der Waals surface area contributed by atoms with Gasteiger partial charge in [-0.1, -0.05) is 0 Å². The predicted molar refractivity (Wildman–Crippen MR) is 97.1 cm³/mol. The summed E-state index contributed by atoms with van der Waals surface area (Å²) in [5, 5.41) is 8.73. The first-order valence-electron chi connectivity index (χ1n) is 9.18. The van der Waals surface area contributed by atoms with Crippen molar-refractivity contribution in [3.05, 3.63) is 34.3 Å². The smallest absolute Gasteiger partial charge is 0.434 e. The van der Waals surface area contributed by atoms with E-state index in [1.165, 1.54) is 12.1 Å². The molecule has 1 heterocycles. The summed E-state index contributed by atoms with van der Waals surface area (Å²) in [6.07, 6.45) is -1.70. The Bertz CT molecular complexity index is 901. The van der Waals surface area contributed by atoms with E-state index in [1.807, 2.05) is 0 Å². The second-order valence-corrected chi connectivity index (χ2v) is 6.99. The highest BCUT2D eigenvalue weighted by Gasteiger charge is 2.34. The van der Waals surface area contributed by atoms with Crippen LogP contribution < -0.4 is 16.8 Å². The molecule has 1 amide bonds. The van der Waals surface area contributed by atoms with Crippen LogP contribution in [0, 0.1) is 5.92 Å². The Morgan fingerprint density at radius 3 is 2.62 bits per heavy atom. The first-order valence-corrected chi connectivity index (χ1v) is 9.18. The maximum absolute atomic E-state index is 13.4. The van der Waals surface area contributed by atoms with Gasteiger partial charge in [-0.25, -0.2) is 14.7 Å². The standard InChI is InChI=1S/C18H21F3N4O4/c19-18(20,21)13-6-3-11(15-24-25-17(27)29-15)9-14(13)23-12-4-1-10(2-5-12)7-8-28-16(22)26/h3,6,9-10,12,23H,1-2,4-5,7-8H2,(H2,22,26)(H,25,27). The number of amides is 1. The number of rotatable bonds is 6. The molecule has 0 saturated heterocycles. The lowest BCUT2D eigenvalue weighted by atomic mass is 9.84. The van der Waals surface area contributed by atoms with Crippen molar-refractivity contribution in [1.29, 1.82) is 0 Å². The minimum atomic E-state index is -4.53. The van der Waals surface area contributed by atoms with Gasteiger partial charge in [0.25, 0.3) is 0 Å². The van der Waals surface area contributed by atoms with Gasteiger partial charge in [0, 0.05) is 17.3 Å². The number of ether oxygens (including phenoxy) is 1. The Morgan fingerprint density at radius 1 is 1.31 bits per heavy atom. The molecule has 0 unspecified atom stereocenters. The molecule has 4 N–H and O–H groups in total. The average molecular weight is 414 g/mol. The molecule has 8 nitrogen and oxygen atoms in total. The van der Waals surface area contributed by atoms with Crippen molar-refractivity contribution in [3.8, 4) is 11.5 Å². The summed E-state index contributed by atoms with van der Waals surface area (Å²) in [6, 6.07) is 3.31. The molecule has 1 saturated carbocycles. The van der Waals surface area contributed by atoms with Crippen LogP contribution in [-0.2, 0) is 10.9 Å². The molecule has 1 fully saturated rings. The number of anilines is 1. The molecule has 0 spiro atoms. The Balaban J connectivity index is 1.69. The third-order valence-corrected chi connectivity index (χ3v) is 4.99. The molecule has 158 valence electrons. The van der Waals surface area contributed by atoms with Crippen LogP contribution in [0.15, 0.2) is 27.4 Å². The second-order valence-electron chi connectivity index (χ2n) is 6.99. The molecule has 0 aliphatic heterocycles. The quantitative estimate of drug-likeness (QED) is 0.665.